The molecule has 0 aliphatic heterocycles. The summed E-state index contributed by atoms with van der Waals surface area (Å²) in [6.07, 6.45) is 3.13. The summed E-state index contributed by atoms with van der Waals surface area (Å²) in [6.45, 7) is 8.13. The van der Waals surface area contributed by atoms with Gasteiger partial charge in [-0.25, -0.2) is 4.79 Å². The van der Waals surface area contributed by atoms with Crippen LogP contribution >= 0.6 is 0 Å². The largest absolute Gasteiger partial charge is 0.496 e. The number of carbonyl (C=O) groups is 2. The van der Waals surface area contributed by atoms with Crippen molar-refractivity contribution < 1.29 is 19.1 Å². The van der Waals surface area contributed by atoms with E-state index in [0.717, 1.165) is 22.5 Å². The van der Waals surface area contributed by atoms with Crippen LogP contribution in [0.1, 0.15) is 50.9 Å². The lowest BCUT2D eigenvalue weighted by Crippen LogP contribution is -2.04. The van der Waals surface area contributed by atoms with Crippen molar-refractivity contribution in [1.29, 1.82) is 0 Å². The van der Waals surface area contributed by atoms with E-state index in [1.807, 2.05) is 18.5 Å². The molecular weight excluding hydrogens is 404 g/mol. The van der Waals surface area contributed by atoms with Crippen molar-refractivity contribution in [3.63, 3.8) is 0 Å². The summed E-state index contributed by atoms with van der Waals surface area (Å²) in [4.78, 5) is 23.9. The van der Waals surface area contributed by atoms with E-state index in [4.69, 9.17) is 9.47 Å². The van der Waals surface area contributed by atoms with Crippen molar-refractivity contribution in [2.45, 2.75) is 40.8 Å². The first-order chi connectivity index (χ1) is 15.3. The third kappa shape index (κ3) is 5.52. The highest BCUT2D eigenvalue weighted by atomic mass is 16.5. The SMILES string of the molecule is COc1ccc(C(C)=O)cc1COC(=O)/C=C/c1c(C)nn(Cc2ccc(C)cc2)c1C. The van der Waals surface area contributed by atoms with Gasteiger partial charge >= 0.3 is 5.97 Å². The van der Waals surface area contributed by atoms with E-state index in [-0.39, 0.29) is 12.4 Å². The number of ketones is 1. The smallest absolute Gasteiger partial charge is 0.331 e. The zero-order valence-electron chi connectivity index (χ0n) is 19.1. The predicted molar refractivity (Wildman–Crippen MR) is 124 cm³/mol. The Bertz CT molecular complexity index is 1160. The Morgan fingerprint density at radius 1 is 1.06 bits per heavy atom. The molecular formula is C26H28N2O4. The third-order valence-electron chi connectivity index (χ3n) is 5.33. The normalized spacial score (nSPS) is 11.0. The molecule has 0 amide bonds. The van der Waals surface area contributed by atoms with E-state index in [0.29, 0.717) is 23.4 Å². The lowest BCUT2D eigenvalue weighted by atomic mass is 10.1. The fourth-order valence-corrected chi connectivity index (χ4v) is 3.43. The number of rotatable bonds is 8. The summed E-state index contributed by atoms with van der Waals surface area (Å²) in [6, 6.07) is 13.4. The monoisotopic (exact) mass is 432 g/mol. The Balaban J connectivity index is 1.68. The number of ether oxygens (including phenoxy) is 2. The summed E-state index contributed by atoms with van der Waals surface area (Å²) >= 11 is 0. The minimum atomic E-state index is -0.481. The first-order valence-corrected chi connectivity index (χ1v) is 10.4. The Morgan fingerprint density at radius 2 is 1.78 bits per heavy atom. The van der Waals surface area contributed by atoms with Crippen LogP contribution in [-0.2, 0) is 22.7 Å². The third-order valence-corrected chi connectivity index (χ3v) is 5.33. The zero-order chi connectivity index (χ0) is 23.3. The Labute approximate surface area is 188 Å². The highest BCUT2D eigenvalue weighted by Gasteiger charge is 2.12. The van der Waals surface area contributed by atoms with Gasteiger partial charge in [-0.05, 0) is 57.5 Å². The number of hydrogen-bond donors (Lipinski definition) is 0. The van der Waals surface area contributed by atoms with Gasteiger partial charge in [0.1, 0.15) is 12.4 Å². The second-order valence-electron chi connectivity index (χ2n) is 7.75. The van der Waals surface area contributed by atoms with Crippen LogP contribution in [0.3, 0.4) is 0 Å². The number of esters is 1. The highest BCUT2D eigenvalue weighted by Crippen LogP contribution is 2.22. The molecule has 0 N–H and O–H groups in total. The van der Waals surface area contributed by atoms with Crippen LogP contribution in [-0.4, -0.2) is 28.6 Å². The Hall–Kier alpha value is -3.67. The molecule has 0 fully saturated rings. The summed E-state index contributed by atoms with van der Waals surface area (Å²) in [5.41, 5.74) is 6.27. The molecule has 3 rings (SSSR count). The van der Waals surface area contributed by atoms with Crippen molar-refractivity contribution in [2.24, 2.45) is 0 Å². The molecule has 0 spiro atoms. The van der Waals surface area contributed by atoms with E-state index >= 15 is 0 Å². The predicted octanol–water partition coefficient (Wildman–Crippen LogP) is 4.82. The zero-order valence-corrected chi connectivity index (χ0v) is 19.1. The second kappa shape index (κ2) is 10.1. The molecule has 0 aliphatic rings. The maximum absolute atomic E-state index is 12.3. The number of benzene rings is 2. The standard InChI is InChI=1S/C26H28N2O4/c1-17-6-8-21(9-7-17)15-28-19(3)24(18(2)27-28)11-13-26(30)32-16-23-14-22(20(4)29)10-12-25(23)31-5/h6-14H,15-16H2,1-5H3/b13-11+. The number of methoxy groups -OCH3 is 1. The van der Waals surface area contributed by atoms with Crippen LogP contribution in [0, 0.1) is 20.8 Å². The van der Waals surface area contributed by atoms with Crippen LogP contribution in [0.15, 0.2) is 48.5 Å². The summed E-state index contributed by atoms with van der Waals surface area (Å²) < 4.78 is 12.6. The number of Topliss-reactive ketones (excluding diaryl/α,β-unsaturated/α-hetero) is 1. The van der Waals surface area contributed by atoms with Gasteiger partial charge in [0.15, 0.2) is 5.78 Å². The molecule has 0 aliphatic carbocycles. The average molecular weight is 433 g/mol. The Morgan fingerprint density at radius 3 is 2.44 bits per heavy atom. The topological polar surface area (TPSA) is 70.4 Å². The molecule has 166 valence electrons. The summed E-state index contributed by atoms with van der Waals surface area (Å²) in [7, 11) is 1.54. The number of nitrogens with zero attached hydrogens (tertiary/aromatic N) is 2. The maximum Gasteiger partial charge on any atom is 0.331 e. The van der Waals surface area contributed by atoms with Crippen LogP contribution < -0.4 is 4.74 Å². The van der Waals surface area contributed by atoms with Crippen molar-refractivity contribution in [2.75, 3.05) is 7.11 Å². The van der Waals surface area contributed by atoms with Crippen molar-refractivity contribution in [3.8, 4) is 5.75 Å². The average Bonchev–Trinajstić information content (AvgIpc) is 3.04. The van der Waals surface area contributed by atoms with Crippen molar-refractivity contribution >= 4 is 17.8 Å². The fraction of sp³-hybridized carbons (Fsp3) is 0.269. The van der Waals surface area contributed by atoms with Gasteiger partial charge < -0.3 is 9.47 Å². The number of carbonyl (C=O) groups excluding carboxylic acids is 2. The molecule has 0 saturated heterocycles. The van der Waals surface area contributed by atoms with Gasteiger partial charge in [-0.1, -0.05) is 29.8 Å². The second-order valence-corrected chi connectivity index (χ2v) is 7.75. The summed E-state index contributed by atoms with van der Waals surface area (Å²) in [5.74, 6) is 0.0231. The first kappa shape index (κ1) is 23.0. The molecule has 0 unspecified atom stereocenters. The van der Waals surface area contributed by atoms with E-state index in [9.17, 15) is 9.59 Å². The lowest BCUT2D eigenvalue weighted by Gasteiger charge is -2.09. The molecule has 0 saturated carbocycles. The van der Waals surface area contributed by atoms with Crippen LogP contribution in [0.2, 0.25) is 0 Å². The lowest BCUT2D eigenvalue weighted by molar-refractivity contribution is -0.138. The van der Waals surface area contributed by atoms with E-state index in [2.05, 4.69) is 36.3 Å². The molecule has 3 aromatic rings. The Kier molecular flexibility index (Phi) is 7.25. The van der Waals surface area contributed by atoms with Gasteiger partial charge in [-0.2, -0.15) is 5.10 Å². The van der Waals surface area contributed by atoms with Gasteiger partial charge in [0.05, 0.1) is 19.3 Å². The maximum atomic E-state index is 12.3. The molecule has 1 heterocycles. The molecule has 6 heteroatoms. The molecule has 1 aromatic heterocycles. The van der Waals surface area contributed by atoms with Crippen LogP contribution in [0.4, 0.5) is 0 Å². The molecule has 0 atom stereocenters. The van der Waals surface area contributed by atoms with Crippen molar-refractivity contribution in [3.05, 3.63) is 87.7 Å². The van der Waals surface area contributed by atoms with Crippen molar-refractivity contribution in [1.82, 2.24) is 9.78 Å². The van der Waals surface area contributed by atoms with Gasteiger partial charge in [0.2, 0.25) is 0 Å². The molecule has 32 heavy (non-hydrogen) atoms. The number of hydrogen-bond acceptors (Lipinski definition) is 5. The molecule has 0 bridgehead atoms. The van der Waals surface area contributed by atoms with Crippen LogP contribution in [0.5, 0.6) is 5.75 Å². The molecule has 0 radical (unpaired) electrons. The van der Waals surface area contributed by atoms with E-state index < -0.39 is 5.97 Å². The van der Waals surface area contributed by atoms with Gasteiger partial charge in [0, 0.05) is 28.5 Å². The minimum Gasteiger partial charge on any atom is -0.496 e. The van der Waals surface area contributed by atoms with Gasteiger partial charge in [-0.3, -0.25) is 9.48 Å². The number of aromatic nitrogens is 2. The number of aryl methyl sites for hydroxylation is 2. The minimum absolute atomic E-state index is 0.0120. The first-order valence-electron chi connectivity index (χ1n) is 10.4. The van der Waals surface area contributed by atoms with Gasteiger partial charge in [-0.15, -0.1) is 0 Å². The molecule has 6 nitrogen and oxygen atoms in total. The quantitative estimate of drug-likeness (QED) is 0.290. The molecule has 2 aromatic carbocycles. The van der Waals surface area contributed by atoms with E-state index in [1.165, 1.54) is 25.7 Å². The van der Waals surface area contributed by atoms with Crippen LogP contribution in [0.25, 0.3) is 6.08 Å². The fourth-order valence-electron chi connectivity index (χ4n) is 3.43. The highest BCUT2D eigenvalue weighted by molar-refractivity contribution is 5.94. The summed E-state index contributed by atoms with van der Waals surface area (Å²) in [5, 5.41) is 4.61. The van der Waals surface area contributed by atoms with E-state index in [1.54, 1.807) is 24.3 Å². The van der Waals surface area contributed by atoms with Gasteiger partial charge in [0.25, 0.3) is 0 Å².